The lowest BCUT2D eigenvalue weighted by Gasteiger charge is -2.27. The number of hydrogen-bond donors (Lipinski definition) is 0. The van der Waals surface area contributed by atoms with Crippen molar-refractivity contribution in [3.05, 3.63) is 60.0 Å². The van der Waals surface area contributed by atoms with Gasteiger partial charge in [-0.05, 0) is 47.5 Å². The van der Waals surface area contributed by atoms with Crippen LogP contribution in [0.2, 0.25) is 0 Å². The fourth-order valence-corrected chi connectivity index (χ4v) is 3.16. The number of rotatable bonds is 3. The lowest BCUT2D eigenvalue weighted by molar-refractivity contribution is 0.0303. The maximum absolute atomic E-state index is 12.8. The topological polar surface area (TPSA) is 72.4 Å². The van der Waals surface area contributed by atoms with Gasteiger partial charge in [0.1, 0.15) is 5.69 Å². The van der Waals surface area contributed by atoms with Crippen molar-refractivity contribution < 1.29 is 14.3 Å². The zero-order valence-corrected chi connectivity index (χ0v) is 14.1. The van der Waals surface area contributed by atoms with Crippen LogP contribution < -0.4 is 0 Å². The van der Waals surface area contributed by atoms with Gasteiger partial charge < -0.3 is 9.64 Å². The summed E-state index contributed by atoms with van der Waals surface area (Å²) in [5.74, 6) is -0.0182. The minimum atomic E-state index is -0.0182. The Morgan fingerprint density at radius 3 is 2.58 bits per heavy atom. The zero-order valence-electron chi connectivity index (χ0n) is 14.1. The third-order valence-corrected chi connectivity index (χ3v) is 4.49. The van der Waals surface area contributed by atoms with E-state index in [0.717, 1.165) is 22.8 Å². The summed E-state index contributed by atoms with van der Waals surface area (Å²) in [6.45, 7) is 2.31. The Morgan fingerprint density at radius 1 is 1.08 bits per heavy atom. The van der Waals surface area contributed by atoms with Gasteiger partial charge in [-0.1, -0.05) is 0 Å². The van der Waals surface area contributed by atoms with Gasteiger partial charge in [0.2, 0.25) is 0 Å². The maximum atomic E-state index is 12.8. The first-order valence-electron chi connectivity index (χ1n) is 8.43. The number of aromatic nitrogens is 2. The Balaban J connectivity index is 1.84. The molecule has 130 valence electrons. The third kappa shape index (κ3) is 3.07. The van der Waals surface area contributed by atoms with Crippen molar-refractivity contribution in [2.45, 2.75) is 0 Å². The predicted molar refractivity (Wildman–Crippen MR) is 97.1 cm³/mol. The van der Waals surface area contributed by atoms with Crippen molar-refractivity contribution in [2.24, 2.45) is 0 Å². The Kier molecular flexibility index (Phi) is 4.41. The van der Waals surface area contributed by atoms with Crippen LogP contribution in [0.4, 0.5) is 0 Å². The van der Waals surface area contributed by atoms with Crippen molar-refractivity contribution in [3.63, 3.8) is 0 Å². The van der Waals surface area contributed by atoms with Gasteiger partial charge in [0.15, 0.2) is 6.29 Å². The van der Waals surface area contributed by atoms with Crippen molar-refractivity contribution >= 4 is 23.1 Å². The van der Waals surface area contributed by atoms with E-state index < -0.39 is 0 Å². The molecule has 1 aromatic carbocycles. The summed E-state index contributed by atoms with van der Waals surface area (Å²) in [4.78, 5) is 34.3. The molecule has 0 spiro atoms. The first-order valence-corrected chi connectivity index (χ1v) is 8.43. The van der Waals surface area contributed by atoms with Gasteiger partial charge in [-0.2, -0.15) is 0 Å². The van der Waals surface area contributed by atoms with Crippen LogP contribution in [0.15, 0.2) is 48.8 Å². The second-order valence-corrected chi connectivity index (χ2v) is 6.08. The molecular weight excluding hydrogens is 330 g/mol. The molecule has 0 radical (unpaired) electrons. The number of benzene rings is 1. The van der Waals surface area contributed by atoms with Crippen molar-refractivity contribution in [3.8, 4) is 11.1 Å². The number of hydrogen-bond acceptors (Lipinski definition) is 5. The second kappa shape index (κ2) is 7.01. The molecule has 0 saturated carbocycles. The standard InChI is InChI=1S/C20H17N3O3/c24-13-16-12-17(14-3-5-21-6-4-14)18-11-15(1-2-19(18)22-16)20(25)23-7-9-26-10-8-23/h1-6,11-13H,7-10H2. The second-order valence-electron chi connectivity index (χ2n) is 6.08. The number of carbonyl (C=O) groups excluding carboxylic acids is 2. The maximum Gasteiger partial charge on any atom is 0.254 e. The zero-order chi connectivity index (χ0) is 17.9. The van der Waals surface area contributed by atoms with E-state index in [9.17, 15) is 9.59 Å². The number of ether oxygens (including phenoxy) is 1. The Bertz CT molecular complexity index is 967. The number of morpholine rings is 1. The van der Waals surface area contributed by atoms with Crippen LogP contribution in [0, 0.1) is 0 Å². The van der Waals surface area contributed by atoms with E-state index >= 15 is 0 Å². The highest BCUT2D eigenvalue weighted by atomic mass is 16.5. The molecule has 0 N–H and O–H groups in total. The molecule has 4 rings (SSSR count). The molecule has 1 amide bonds. The minimum absolute atomic E-state index is 0.0182. The molecule has 0 unspecified atom stereocenters. The first-order chi connectivity index (χ1) is 12.8. The predicted octanol–water partition coefficient (Wildman–Crippen LogP) is 2.58. The smallest absolute Gasteiger partial charge is 0.254 e. The Labute approximate surface area is 150 Å². The lowest BCUT2D eigenvalue weighted by atomic mass is 9.99. The van der Waals surface area contributed by atoms with Gasteiger partial charge in [-0.15, -0.1) is 0 Å². The quantitative estimate of drug-likeness (QED) is 0.681. The Hall–Kier alpha value is -3.12. The van der Waals surface area contributed by atoms with Gasteiger partial charge in [0.25, 0.3) is 5.91 Å². The van der Waals surface area contributed by atoms with E-state index in [4.69, 9.17) is 4.74 Å². The first kappa shape index (κ1) is 16.4. The summed E-state index contributed by atoms with van der Waals surface area (Å²) in [5.41, 5.74) is 3.43. The summed E-state index contributed by atoms with van der Waals surface area (Å²) >= 11 is 0. The molecule has 1 aliphatic rings. The fraction of sp³-hybridized carbons (Fsp3) is 0.200. The van der Waals surface area contributed by atoms with Gasteiger partial charge in [-0.3, -0.25) is 14.6 Å². The monoisotopic (exact) mass is 347 g/mol. The molecule has 1 aliphatic heterocycles. The largest absolute Gasteiger partial charge is 0.378 e. The van der Waals surface area contributed by atoms with Crippen LogP contribution in [0.25, 0.3) is 22.0 Å². The average Bonchev–Trinajstić information content (AvgIpc) is 2.73. The number of nitrogens with zero attached hydrogens (tertiary/aromatic N) is 3. The van der Waals surface area contributed by atoms with Crippen LogP contribution in [0.1, 0.15) is 20.8 Å². The highest BCUT2D eigenvalue weighted by Crippen LogP contribution is 2.29. The summed E-state index contributed by atoms with van der Waals surface area (Å²) in [6, 6.07) is 10.9. The summed E-state index contributed by atoms with van der Waals surface area (Å²) < 4.78 is 5.32. The van der Waals surface area contributed by atoms with Crippen LogP contribution >= 0.6 is 0 Å². The molecule has 0 atom stereocenters. The van der Waals surface area contributed by atoms with Crippen LogP contribution in [0.5, 0.6) is 0 Å². The van der Waals surface area contributed by atoms with Gasteiger partial charge >= 0.3 is 0 Å². The molecule has 0 aliphatic carbocycles. The number of amides is 1. The van der Waals surface area contributed by atoms with Crippen molar-refractivity contribution in [2.75, 3.05) is 26.3 Å². The molecule has 26 heavy (non-hydrogen) atoms. The molecular formula is C20H17N3O3. The van der Waals surface area contributed by atoms with E-state index in [1.54, 1.807) is 35.5 Å². The van der Waals surface area contributed by atoms with E-state index in [0.29, 0.717) is 43.1 Å². The number of carbonyl (C=O) groups is 2. The molecule has 6 nitrogen and oxygen atoms in total. The summed E-state index contributed by atoms with van der Waals surface area (Å²) in [7, 11) is 0. The number of pyridine rings is 2. The highest BCUT2D eigenvalue weighted by molar-refractivity contribution is 6.03. The Morgan fingerprint density at radius 2 is 1.85 bits per heavy atom. The minimum Gasteiger partial charge on any atom is -0.378 e. The lowest BCUT2D eigenvalue weighted by Crippen LogP contribution is -2.40. The summed E-state index contributed by atoms with van der Waals surface area (Å²) in [6.07, 6.45) is 4.13. The normalized spacial score (nSPS) is 14.4. The number of fused-ring (bicyclic) bond motifs is 1. The SMILES string of the molecule is O=Cc1cc(-c2ccncc2)c2cc(C(=O)N3CCOCC3)ccc2n1. The van der Waals surface area contributed by atoms with Crippen molar-refractivity contribution in [1.29, 1.82) is 0 Å². The number of aldehydes is 1. The average molecular weight is 347 g/mol. The van der Waals surface area contributed by atoms with Crippen LogP contribution in [0.3, 0.4) is 0 Å². The van der Waals surface area contributed by atoms with Crippen molar-refractivity contribution in [1.82, 2.24) is 14.9 Å². The third-order valence-electron chi connectivity index (χ3n) is 4.49. The molecule has 1 saturated heterocycles. The van der Waals surface area contributed by atoms with Gasteiger partial charge in [0, 0.05) is 36.4 Å². The molecule has 0 bridgehead atoms. The molecule has 3 heterocycles. The van der Waals surface area contributed by atoms with Gasteiger partial charge in [0.05, 0.1) is 18.7 Å². The van der Waals surface area contributed by atoms with Crippen LogP contribution in [-0.4, -0.2) is 53.4 Å². The van der Waals surface area contributed by atoms with Crippen LogP contribution in [-0.2, 0) is 4.74 Å². The molecule has 3 aromatic rings. The van der Waals surface area contributed by atoms with Gasteiger partial charge in [-0.25, -0.2) is 4.98 Å². The highest BCUT2D eigenvalue weighted by Gasteiger charge is 2.19. The molecule has 6 heteroatoms. The summed E-state index contributed by atoms with van der Waals surface area (Å²) in [5, 5.41) is 0.834. The van der Waals surface area contributed by atoms with E-state index in [2.05, 4.69) is 9.97 Å². The van der Waals surface area contributed by atoms with E-state index in [1.807, 2.05) is 18.2 Å². The molecule has 1 fully saturated rings. The van der Waals surface area contributed by atoms with E-state index in [-0.39, 0.29) is 5.91 Å². The molecule has 2 aromatic heterocycles. The fourth-order valence-electron chi connectivity index (χ4n) is 3.16. The van der Waals surface area contributed by atoms with E-state index in [1.165, 1.54) is 0 Å².